The zero-order valence-electron chi connectivity index (χ0n) is 27.1. The summed E-state index contributed by atoms with van der Waals surface area (Å²) in [7, 11) is 0. The van der Waals surface area contributed by atoms with E-state index in [9.17, 15) is 24.3 Å². The van der Waals surface area contributed by atoms with Crippen molar-refractivity contribution in [2.45, 2.75) is 47.9 Å². The average Bonchev–Trinajstić information content (AvgIpc) is 3.71. The molecule has 256 valence electrons. The normalized spacial score (nSPS) is 25.9. The van der Waals surface area contributed by atoms with Crippen LogP contribution < -0.4 is 10.2 Å². The minimum Gasteiger partial charge on any atom is -0.463 e. The molecule has 7 atom stereocenters. The van der Waals surface area contributed by atoms with Crippen LogP contribution in [0.5, 0.6) is 0 Å². The molecule has 2 bridgehead atoms. The van der Waals surface area contributed by atoms with Crippen LogP contribution in [-0.4, -0.2) is 82.6 Å². The minimum absolute atomic E-state index is 0.101. The van der Waals surface area contributed by atoms with E-state index in [1.54, 1.807) is 17.1 Å². The van der Waals surface area contributed by atoms with Gasteiger partial charge in [-0.15, -0.1) is 13.2 Å². The lowest BCUT2D eigenvalue weighted by Gasteiger charge is -2.37. The number of carbonyl (C=O) groups is 4. The number of hydrogen-bond acceptors (Lipinski definition) is 7. The van der Waals surface area contributed by atoms with Crippen LogP contribution in [0.2, 0.25) is 0 Å². The Morgan fingerprint density at radius 1 is 1.08 bits per heavy atom. The maximum Gasteiger partial charge on any atom is 0.306 e. The third kappa shape index (κ3) is 6.42. The number of anilines is 1. The van der Waals surface area contributed by atoms with Crippen LogP contribution >= 0.6 is 15.9 Å². The van der Waals surface area contributed by atoms with Gasteiger partial charge in [-0.05, 0) is 41.3 Å². The molecular formula is C38H40BrN3O7. The third-order valence-electron chi connectivity index (χ3n) is 9.77. The zero-order chi connectivity index (χ0) is 34.7. The molecule has 1 unspecified atom stereocenters. The Balaban J connectivity index is 1.32. The van der Waals surface area contributed by atoms with Crippen LogP contribution in [-0.2, 0) is 28.7 Å². The molecule has 3 aromatic carbocycles. The fraction of sp³-hybridized carbons (Fsp3) is 0.368. The van der Waals surface area contributed by atoms with E-state index < -0.39 is 53.4 Å². The van der Waals surface area contributed by atoms with Gasteiger partial charge in [0.1, 0.15) is 18.2 Å². The van der Waals surface area contributed by atoms with Gasteiger partial charge in [0, 0.05) is 30.0 Å². The Hall–Kier alpha value is -4.32. The molecule has 10 nitrogen and oxygen atoms in total. The molecule has 3 saturated heterocycles. The SMILES string of the molecule is C=CCCC(=O)OC[C@H](NC(=O)[C@@H]1[C@H]2O[C@@]3(CC2Br)[C@H](C(=O)N(CC=C)c2ccc4ccccc4c2)N(CCO)C(=O)[C@@H]13)c1ccccc1. The number of likely N-dealkylation sites (tertiary alicyclic amines) is 1. The molecule has 49 heavy (non-hydrogen) atoms. The molecule has 3 aliphatic rings. The van der Waals surface area contributed by atoms with Crippen LogP contribution in [0.1, 0.15) is 30.9 Å². The second kappa shape index (κ2) is 14.7. The molecular weight excluding hydrogens is 690 g/mol. The van der Waals surface area contributed by atoms with Gasteiger partial charge in [-0.2, -0.15) is 0 Å². The standard InChI is InChI=1S/C38H40BrN3O7/c1-3-5-15-30(44)48-23-29(25-12-7-6-8-13-25)40-35(45)31-32-36(46)42(19-20-43)34(38(32)22-28(39)33(31)49-38)37(47)41(18-4-2)27-17-16-24-11-9-10-14-26(24)21-27/h3-4,6-14,16-17,21,28-29,31-34,43H,1-2,5,15,18-20,22-23H2,(H,40,45)/t28?,29-,31-,32+,33-,34-,38+/m0/s1. The largest absolute Gasteiger partial charge is 0.463 e. The summed E-state index contributed by atoms with van der Waals surface area (Å²) < 4.78 is 12.2. The number of β-amino-alcohol motifs (C(OH)–C–C–N with tert-alkyl or cyclic N) is 1. The van der Waals surface area contributed by atoms with Gasteiger partial charge in [-0.1, -0.05) is 88.7 Å². The monoisotopic (exact) mass is 729 g/mol. The second-order valence-corrected chi connectivity index (χ2v) is 13.8. The fourth-order valence-electron chi connectivity index (χ4n) is 7.64. The number of aliphatic hydroxyl groups excluding tert-OH is 1. The van der Waals surface area contributed by atoms with Crippen molar-refractivity contribution in [2.75, 3.05) is 31.2 Å². The molecule has 0 radical (unpaired) electrons. The van der Waals surface area contributed by atoms with Crippen molar-refractivity contribution in [3.8, 4) is 0 Å². The summed E-state index contributed by atoms with van der Waals surface area (Å²) in [5, 5.41) is 15.1. The van der Waals surface area contributed by atoms with Crippen molar-refractivity contribution >= 4 is 56.1 Å². The summed E-state index contributed by atoms with van der Waals surface area (Å²) in [5.41, 5.74) is 0.0370. The quantitative estimate of drug-likeness (QED) is 0.143. The van der Waals surface area contributed by atoms with E-state index in [1.165, 1.54) is 4.90 Å². The van der Waals surface area contributed by atoms with E-state index >= 15 is 0 Å². The number of halogens is 1. The van der Waals surface area contributed by atoms with Gasteiger partial charge in [0.2, 0.25) is 11.8 Å². The number of nitrogens with zero attached hydrogens (tertiary/aromatic N) is 2. The Labute approximate surface area is 293 Å². The van der Waals surface area contributed by atoms with E-state index in [2.05, 4.69) is 34.4 Å². The number of amides is 3. The molecule has 11 heteroatoms. The summed E-state index contributed by atoms with van der Waals surface area (Å²) in [6.07, 6.45) is 3.52. The minimum atomic E-state index is -1.32. The first-order chi connectivity index (χ1) is 23.7. The number of ether oxygens (including phenoxy) is 2. The number of allylic oxidation sites excluding steroid dienone is 1. The summed E-state index contributed by atoms with van der Waals surface area (Å²) >= 11 is 3.71. The van der Waals surface area contributed by atoms with Gasteiger partial charge >= 0.3 is 5.97 Å². The first kappa shape index (κ1) is 34.5. The highest BCUT2D eigenvalue weighted by Gasteiger charge is 2.76. The van der Waals surface area contributed by atoms with Gasteiger partial charge in [0.25, 0.3) is 5.91 Å². The number of nitrogens with one attached hydrogen (secondary N) is 1. The van der Waals surface area contributed by atoms with Gasteiger partial charge in [-0.3, -0.25) is 19.2 Å². The highest BCUT2D eigenvalue weighted by molar-refractivity contribution is 9.09. The van der Waals surface area contributed by atoms with E-state index in [0.29, 0.717) is 18.5 Å². The molecule has 2 N–H and O–H groups in total. The van der Waals surface area contributed by atoms with E-state index in [1.807, 2.05) is 72.8 Å². The molecule has 1 spiro atoms. The molecule has 0 aliphatic carbocycles. The van der Waals surface area contributed by atoms with Crippen molar-refractivity contribution < 1.29 is 33.8 Å². The molecule has 3 aliphatic heterocycles. The van der Waals surface area contributed by atoms with Crippen molar-refractivity contribution in [1.82, 2.24) is 10.2 Å². The van der Waals surface area contributed by atoms with E-state index in [4.69, 9.17) is 9.47 Å². The molecule has 0 saturated carbocycles. The van der Waals surface area contributed by atoms with E-state index in [0.717, 1.165) is 16.3 Å². The molecule has 3 amide bonds. The lowest BCUT2D eigenvalue weighted by molar-refractivity contribution is -0.146. The van der Waals surface area contributed by atoms with Crippen molar-refractivity contribution in [3.63, 3.8) is 0 Å². The topological polar surface area (TPSA) is 125 Å². The Morgan fingerprint density at radius 3 is 2.53 bits per heavy atom. The highest BCUT2D eigenvalue weighted by atomic mass is 79.9. The summed E-state index contributed by atoms with van der Waals surface area (Å²) in [5.74, 6) is -3.57. The molecule has 3 heterocycles. The smallest absolute Gasteiger partial charge is 0.306 e. The Kier molecular flexibility index (Phi) is 10.3. The number of fused-ring (bicyclic) bond motifs is 2. The number of aliphatic hydroxyl groups is 1. The number of alkyl halides is 1. The summed E-state index contributed by atoms with van der Waals surface area (Å²) in [6.45, 7) is 7.11. The fourth-order valence-corrected chi connectivity index (χ4v) is 8.59. The third-order valence-corrected chi connectivity index (χ3v) is 10.6. The second-order valence-electron chi connectivity index (χ2n) is 12.7. The van der Waals surface area contributed by atoms with Crippen LogP contribution in [0.15, 0.2) is 98.1 Å². The van der Waals surface area contributed by atoms with Crippen molar-refractivity contribution in [3.05, 3.63) is 104 Å². The first-order valence-electron chi connectivity index (χ1n) is 16.5. The zero-order valence-corrected chi connectivity index (χ0v) is 28.7. The lowest BCUT2D eigenvalue weighted by Crippen LogP contribution is -2.57. The maximum atomic E-state index is 14.8. The lowest BCUT2D eigenvalue weighted by atomic mass is 9.70. The van der Waals surface area contributed by atoms with Gasteiger partial charge < -0.3 is 29.7 Å². The Morgan fingerprint density at radius 2 is 1.82 bits per heavy atom. The van der Waals surface area contributed by atoms with Crippen LogP contribution in [0.3, 0.4) is 0 Å². The number of carbonyl (C=O) groups excluding carboxylic acids is 4. The average molecular weight is 731 g/mol. The van der Waals surface area contributed by atoms with Gasteiger partial charge in [-0.25, -0.2) is 0 Å². The molecule has 6 rings (SSSR count). The van der Waals surface area contributed by atoms with Crippen molar-refractivity contribution in [2.24, 2.45) is 11.8 Å². The predicted molar refractivity (Wildman–Crippen MR) is 189 cm³/mol. The predicted octanol–water partition coefficient (Wildman–Crippen LogP) is 4.47. The van der Waals surface area contributed by atoms with Crippen LogP contribution in [0, 0.1) is 11.8 Å². The van der Waals surface area contributed by atoms with Crippen molar-refractivity contribution in [1.29, 1.82) is 0 Å². The molecule has 3 fully saturated rings. The molecule has 3 aromatic rings. The highest BCUT2D eigenvalue weighted by Crippen LogP contribution is 2.60. The van der Waals surface area contributed by atoms with E-state index in [-0.39, 0.29) is 43.5 Å². The van der Waals surface area contributed by atoms with Gasteiger partial charge in [0.15, 0.2) is 0 Å². The summed E-state index contributed by atoms with van der Waals surface area (Å²) in [4.78, 5) is 58.4. The summed E-state index contributed by atoms with van der Waals surface area (Å²) in [6, 6.07) is 20.9. The number of hydrogen-bond donors (Lipinski definition) is 2. The Bertz CT molecular complexity index is 1750. The first-order valence-corrected chi connectivity index (χ1v) is 17.4. The van der Waals surface area contributed by atoms with Crippen LogP contribution in [0.25, 0.3) is 10.8 Å². The van der Waals surface area contributed by atoms with Crippen LogP contribution in [0.4, 0.5) is 5.69 Å². The molecule has 0 aromatic heterocycles. The van der Waals surface area contributed by atoms with Gasteiger partial charge in [0.05, 0.1) is 30.6 Å². The number of esters is 1. The number of rotatable bonds is 14. The maximum absolute atomic E-state index is 14.8. The number of benzene rings is 3.